The van der Waals surface area contributed by atoms with Gasteiger partial charge >= 0.3 is 0 Å². The normalized spacial score (nSPS) is 9.94. The van der Waals surface area contributed by atoms with Gasteiger partial charge in [0.25, 0.3) is 5.91 Å². The van der Waals surface area contributed by atoms with Crippen LogP contribution in [0.1, 0.15) is 16.1 Å². The number of imidazole rings is 1. The third-order valence-corrected chi connectivity index (χ3v) is 2.18. The highest BCUT2D eigenvalue weighted by atomic mass is 16.1. The van der Waals surface area contributed by atoms with Crippen LogP contribution >= 0.6 is 0 Å². The largest absolute Gasteiger partial charge is 0.347 e. The average molecular weight is 232 g/mol. The Hall–Kier alpha value is -2.41. The van der Waals surface area contributed by atoms with Crippen molar-refractivity contribution in [2.75, 3.05) is 5.43 Å². The molecule has 2 aromatic heterocycles. The third-order valence-electron chi connectivity index (χ3n) is 2.18. The van der Waals surface area contributed by atoms with Crippen LogP contribution in [-0.4, -0.2) is 20.9 Å². The van der Waals surface area contributed by atoms with Gasteiger partial charge in [-0.1, -0.05) is 0 Å². The highest BCUT2D eigenvalue weighted by molar-refractivity contribution is 5.98. The van der Waals surface area contributed by atoms with Gasteiger partial charge < -0.3 is 15.7 Å². The molecule has 5 N–H and O–H groups in total. The second kappa shape index (κ2) is 5.08. The number of H-pyrrole nitrogens is 1. The highest BCUT2D eigenvalue weighted by Gasteiger charge is 2.10. The van der Waals surface area contributed by atoms with Gasteiger partial charge in [0.2, 0.25) is 0 Å². The number of anilines is 1. The molecule has 17 heavy (non-hydrogen) atoms. The monoisotopic (exact) mass is 232 g/mol. The van der Waals surface area contributed by atoms with Crippen LogP contribution in [0.3, 0.4) is 0 Å². The number of nitrogens with one attached hydrogen (secondary N) is 3. The molecule has 0 fully saturated rings. The lowest BCUT2D eigenvalue weighted by Crippen LogP contribution is -2.25. The number of nitrogen functional groups attached to an aromatic ring is 1. The predicted octanol–water partition coefficient (Wildman–Crippen LogP) is 0.0203. The van der Waals surface area contributed by atoms with E-state index in [4.69, 9.17) is 5.84 Å². The molecule has 7 heteroatoms. The minimum Gasteiger partial charge on any atom is -0.347 e. The molecule has 0 aliphatic carbocycles. The number of pyridine rings is 1. The zero-order chi connectivity index (χ0) is 12.1. The summed E-state index contributed by atoms with van der Waals surface area (Å²) in [7, 11) is 0. The number of aromatic amines is 1. The first kappa shape index (κ1) is 11.1. The van der Waals surface area contributed by atoms with Gasteiger partial charge in [-0.2, -0.15) is 0 Å². The number of nitrogens with two attached hydrogens (primary N) is 1. The summed E-state index contributed by atoms with van der Waals surface area (Å²) < 4.78 is 0. The maximum atomic E-state index is 11.8. The van der Waals surface area contributed by atoms with Gasteiger partial charge in [-0.3, -0.25) is 4.79 Å². The molecule has 0 saturated carbocycles. The summed E-state index contributed by atoms with van der Waals surface area (Å²) in [6.07, 6.45) is 4.75. The highest BCUT2D eigenvalue weighted by Crippen LogP contribution is 2.09. The van der Waals surface area contributed by atoms with Gasteiger partial charge in [-0.15, -0.1) is 0 Å². The lowest BCUT2D eigenvalue weighted by Gasteiger charge is -2.07. The van der Waals surface area contributed by atoms with Crippen molar-refractivity contribution in [2.24, 2.45) is 5.84 Å². The van der Waals surface area contributed by atoms with E-state index in [-0.39, 0.29) is 5.91 Å². The molecule has 0 unspecified atom stereocenters. The molecule has 0 aliphatic rings. The number of aromatic nitrogens is 3. The third kappa shape index (κ3) is 2.58. The molecule has 0 radical (unpaired) electrons. The Kier molecular flexibility index (Phi) is 3.31. The van der Waals surface area contributed by atoms with Crippen LogP contribution in [0.25, 0.3) is 0 Å². The van der Waals surface area contributed by atoms with E-state index in [0.717, 1.165) is 5.69 Å². The summed E-state index contributed by atoms with van der Waals surface area (Å²) >= 11 is 0. The maximum absolute atomic E-state index is 11.8. The standard InChI is InChI=1S/C10H12N6O/c11-16-9-8(2-1-3-13-9)10(17)14-5-7-4-12-6-15-7/h1-4,6H,5,11H2,(H,12,15)(H,13,16)(H,14,17). The fourth-order valence-electron chi connectivity index (χ4n) is 1.36. The number of amides is 1. The minimum atomic E-state index is -0.249. The van der Waals surface area contributed by atoms with Crippen molar-refractivity contribution in [3.8, 4) is 0 Å². The molecule has 2 heterocycles. The number of hydrogen-bond acceptors (Lipinski definition) is 5. The zero-order valence-electron chi connectivity index (χ0n) is 8.97. The first-order valence-electron chi connectivity index (χ1n) is 4.98. The van der Waals surface area contributed by atoms with E-state index in [0.29, 0.717) is 17.9 Å². The summed E-state index contributed by atoms with van der Waals surface area (Å²) in [6, 6.07) is 3.32. The quantitative estimate of drug-likeness (QED) is 0.439. The second-order valence-corrected chi connectivity index (χ2v) is 3.30. The topological polar surface area (TPSA) is 109 Å². The molecule has 0 atom stereocenters. The van der Waals surface area contributed by atoms with Crippen LogP contribution < -0.4 is 16.6 Å². The van der Waals surface area contributed by atoms with Crippen LogP contribution in [0.4, 0.5) is 5.82 Å². The van der Waals surface area contributed by atoms with Gasteiger partial charge in [0, 0.05) is 12.4 Å². The van der Waals surface area contributed by atoms with Gasteiger partial charge in [-0.05, 0) is 12.1 Å². The minimum absolute atomic E-state index is 0.249. The number of carbonyl (C=O) groups is 1. The molecular formula is C10H12N6O. The Balaban J connectivity index is 2.04. The Morgan fingerprint density at radius 1 is 1.53 bits per heavy atom. The van der Waals surface area contributed by atoms with Crippen molar-refractivity contribution >= 4 is 11.7 Å². The van der Waals surface area contributed by atoms with Crippen molar-refractivity contribution in [2.45, 2.75) is 6.54 Å². The Morgan fingerprint density at radius 2 is 2.41 bits per heavy atom. The van der Waals surface area contributed by atoms with Gasteiger partial charge in [0.05, 0.1) is 24.1 Å². The van der Waals surface area contributed by atoms with Crippen LogP contribution in [0.5, 0.6) is 0 Å². The number of hydrogen-bond donors (Lipinski definition) is 4. The van der Waals surface area contributed by atoms with Gasteiger partial charge in [0.1, 0.15) is 0 Å². The smallest absolute Gasteiger partial charge is 0.255 e. The van der Waals surface area contributed by atoms with E-state index in [1.165, 1.54) is 0 Å². The molecule has 0 aromatic carbocycles. The van der Waals surface area contributed by atoms with Crippen molar-refractivity contribution in [3.63, 3.8) is 0 Å². The number of nitrogens with zero attached hydrogens (tertiary/aromatic N) is 2. The van der Waals surface area contributed by atoms with Crippen LogP contribution in [0.2, 0.25) is 0 Å². The molecule has 2 aromatic rings. The lowest BCUT2D eigenvalue weighted by atomic mass is 10.2. The summed E-state index contributed by atoms with van der Waals surface area (Å²) in [6.45, 7) is 0.373. The molecule has 0 aliphatic heterocycles. The van der Waals surface area contributed by atoms with Crippen LogP contribution in [0, 0.1) is 0 Å². The average Bonchev–Trinajstić information content (AvgIpc) is 2.89. The fraction of sp³-hybridized carbons (Fsp3) is 0.100. The van der Waals surface area contributed by atoms with E-state index in [1.807, 2.05) is 0 Å². The summed E-state index contributed by atoms with van der Waals surface area (Å²) in [4.78, 5) is 22.5. The van der Waals surface area contributed by atoms with Crippen molar-refractivity contribution in [3.05, 3.63) is 42.1 Å². The number of rotatable bonds is 4. The fourth-order valence-corrected chi connectivity index (χ4v) is 1.36. The summed E-state index contributed by atoms with van der Waals surface area (Å²) in [5.74, 6) is 5.36. The van der Waals surface area contributed by atoms with E-state index in [2.05, 4.69) is 25.7 Å². The van der Waals surface area contributed by atoms with Crippen molar-refractivity contribution in [1.29, 1.82) is 0 Å². The van der Waals surface area contributed by atoms with Gasteiger partial charge in [-0.25, -0.2) is 15.8 Å². The first-order chi connectivity index (χ1) is 8.31. The zero-order valence-corrected chi connectivity index (χ0v) is 8.97. The molecule has 7 nitrogen and oxygen atoms in total. The Morgan fingerprint density at radius 3 is 3.12 bits per heavy atom. The molecular weight excluding hydrogens is 220 g/mol. The first-order valence-corrected chi connectivity index (χ1v) is 4.98. The molecule has 88 valence electrons. The SMILES string of the molecule is NNc1ncccc1C(=O)NCc1cnc[nH]1. The lowest BCUT2D eigenvalue weighted by molar-refractivity contribution is 0.0951. The van der Waals surface area contributed by atoms with Gasteiger partial charge in [0.15, 0.2) is 5.82 Å². The summed E-state index contributed by atoms with van der Waals surface area (Å²) in [5.41, 5.74) is 3.60. The summed E-state index contributed by atoms with van der Waals surface area (Å²) in [5, 5.41) is 2.73. The number of carbonyl (C=O) groups excluding carboxylic acids is 1. The maximum Gasteiger partial charge on any atom is 0.255 e. The second-order valence-electron chi connectivity index (χ2n) is 3.30. The van der Waals surface area contributed by atoms with E-state index in [1.54, 1.807) is 30.9 Å². The molecule has 0 spiro atoms. The molecule has 0 saturated heterocycles. The number of hydrazine groups is 1. The van der Waals surface area contributed by atoms with E-state index >= 15 is 0 Å². The molecule has 2 rings (SSSR count). The van der Waals surface area contributed by atoms with Crippen molar-refractivity contribution in [1.82, 2.24) is 20.3 Å². The molecule has 0 bridgehead atoms. The Labute approximate surface area is 97.4 Å². The van der Waals surface area contributed by atoms with Crippen LogP contribution in [0.15, 0.2) is 30.9 Å². The van der Waals surface area contributed by atoms with Crippen LogP contribution in [-0.2, 0) is 6.54 Å². The Bertz CT molecular complexity index is 495. The van der Waals surface area contributed by atoms with E-state index in [9.17, 15) is 4.79 Å². The molecule has 1 amide bonds. The van der Waals surface area contributed by atoms with E-state index < -0.39 is 0 Å². The predicted molar refractivity (Wildman–Crippen MR) is 61.8 cm³/mol. The van der Waals surface area contributed by atoms with Crippen molar-refractivity contribution < 1.29 is 4.79 Å².